The Balaban J connectivity index is 1.92. The topological polar surface area (TPSA) is 380 Å². The lowest BCUT2D eigenvalue weighted by molar-refractivity contribution is -0.360. The van der Waals surface area contributed by atoms with E-state index < -0.39 is 162 Å². The minimum absolute atomic E-state index is 0.0173. The Labute approximate surface area is 704 Å². The second-order valence-corrected chi connectivity index (χ2v) is 34.9. The van der Waals surface area contributed by atoms with Crippen molar-refractivity contribution in [2.24, 2.45) is 0 Å². The third kappa shape index (κ3) is 50.5. The van der Waals surface area contributed by atoms with E-state index in [1.807, 2.05) is 0 Å². The monoisotopic (exact) mass is 1690 g/mol. The van der Waals surface area contributed by atoms with Crippen LogP contribution in [0.3, 0.4) is 0 Å². The van der Waals surface area contributed by atoms with Crippen LogP contribution in [0.15, 0.2) is 24.3 Å². The van der Waals surface area contributed by atoms with Gasteiger partial charge in [-0.1, -0.05) is 322 Å². The zero-order chi connectivity index (χ0) is 85.4. The van der Waals surface area contributed by atoms with Gasteiger partial charge in [-0.15, -0.1) is 0 Å². The van der Waals surface area contributed by atoms with Gasteiger partial charge in [0.25, 0.3) is 0 Å². The van der Waals surface area contributed by atoms with E-state index in [-0.39, 0.29) is 25.7 Å². The number of rotatable bonds is 76. The zero-order valence-corrected chi connectivity index (χ0v) is 73.9. The summed E-state index contributed by atoms with van der Waals surface area (Å²) in [6.07, 6.45) is 30.3. The van der Waals surface area contributed by atoms with Crippen LogP contribution in [0.1, 0.15) is 400 Å². The number of ether oxygens (including phenoxy) is 8. The molecule has 26 heteroatoms. The van der Waals surface area contributed by atoms with E-state index >= 15 is 0 Å². The van der Waals surface area contributed by atoms with Crippen LogP contribution in [0, 0.1) is 0 Å². The zero-order valence-electron chi connectivity index (χ0n) is 73.0. The molecule has 0 bridgehead atoms. The Hall–Kier alpha value is -3.05. The second-order valence-electron chi connectivity index (χ2n) is 33.5. The fourth-order valence-electron chi connectivity index (χ4n) is 15.4. The largest absolute Gasteiger partial charge is 0.472 e. The Morgan fingerprint density at radius 2 is 0.641 bits per heavy atom. The lowest BCUT2D eigenvalue weighted by Crippen LogP contribution is -2.70. The summed E-state index contributed by atoms with van der Waals surface area (Å²) >= 11 is 0. The Kier molecular flexibility index (Phi) is 64.9. The normalized spacial score (nSPS) is 25.1. The van der Waals surface area contributed by atoms with Crippen molar-refractivity contribution >= 4 is 31.7 Å². The summed E-state index contributed by atoms with van der Waals surface area (Å²) in [5.41, 5.74) is 0. The fourth-order valence-corrected chi connectivity index (χ4v) is 16.4. The number of phosphoric ester groups is 1. The van der Waals surface area contributed by atoms with Crippen molar-refractivity contribution in [3.8, 4) is 0 Å². The molecule has 18 unspecified atom stereocenters. The molecule has 2 aliphatic heterocycles. The van der Waals surface area contributed by atoms with E-state index in [1.165, 1.54) is 167 Å². The summed E-state index contributed by atoms with van der Waals surface area (Å²) in [7, 11) is -5.81. The fraction of sp³-hybridized carbons (Fsp3) is 0.912. The molecule has 0 radical (unpaired) electrons. The molecule has 0 spiro atoms. The van der Waals surface area contributed by atoms with Gasteiger partial charge < -0.3 is 88.7 Å². The molecule has 117 heavy (non-hydrogen) atoms. The highest BCUT2D eigenvalue weighted by molar-refractivity contribution is 7.47. The first-order chi connectivity index (χ1) is 56.7. The van der Waals surface area contributed by atoms with E-state index in [9.17, 15) is 74.6 Å². The summed E-state index contributed by atoms with van der Waals surface area (Å²) in [6.45, 7) is 5.57. The molecule has 0 aromatic rings. The Bertz CT molecular complexity index is 2530. The summed E-state index contributed by atoms with van der Waals surface area (Å²) in [5.74, 6) is -2.98. The first-order valence-corrected chi connectivity index (χ1v) is 48.6. The number of unbranched alkanes of at least 4 members (excludes halogenated alkanes) is 48. The number of allylic oxidation sites excluding steroid dienone is 4. The number of phosphoric acid groups is 1. The SMILES string of the molecule is CCCCCC/C=C\CCCCCCCCCC(=O)OCC(COP(=O)(O)OC1C(OC2OC(CO)C(O)C(O)C2O)C(O)C(O)C(OC(=O)CCCCCCCCCCCCCCCCC)C1OC1OC(COC(=O)CCCCCCCCCCCCCCCCC)C(O)C(O)C1O)OC(=O)CCCCC/C=C\CCCCCCCC. The molecule has 686 valence electrons. The van der Waals surface area contributed by atoms with Crippen LogP contribution in [0.25, 0.3) is 0 Å². The maximum Gasteiger partial charge on any atom is 0.472 e. The standard InChI is InChI=1S/C91H167O25P/c1-5-9-13-17-21-25-29-33-36-40-43-47-51-55-59-63-74(93)107-68-71(110-76(95)65-61-57-53-49-45-39-32-28-24-20-16-12-8-4)69-109-117(105,106)116-89-87(114-90-84(103)80(99)78(97)72(67-92)111-90)83(102)82(101)86(113-77(96)66-62-58-54-50-46-42-38-35-31-27-23-19-15-11-7-3)88(89)115-91-85(104)81(100)79(98)73(112-91)70-108-75(94)64-60-56-52-48-44-41-37-34-30-26-22-18-14-10-6-2/h25,29,39,45,71-73,78-92,97-104H,5-24,26-28,30-38,40-44,46-70H2,1-4H3,(H,105,106)/b29-25-,45-39-. The van der Waals surface area contributed by atoms with Gasteiger partial charge in [-0.2, -0.15) is 0 Å². The third-order valence-electron chi connectivity index (χ3n) is 22.9. The maximum absolute atomic E-state index is 14.9. The molecule has 1 aliphatic carbocycles. The van der Waals surface area contributed by atoms with Crippen molar-refractivity contribution in [2.45, 2.75) is 504 Å². The van der Waals surface area contributed by atoms with E-state index in [0.29, 0.717) is 38.5 Å². The van der Waals surface area contributed by atoms with Crippen LogP contribution in [0.5, 0.6) is 0 Å². The first-order valence-electron chi connectivity index (χ1n) is 47.1. The minimum atomic E-state index is -5.81. The van der Waals surface area contributed by atoms with Gasteiger partial charge >= 0.3 is 31.7 Å². The van der Waals surface area contributed by atoms with Crippen molar-refractivity contribution in [3.63, 3.8) is 0 Å². The average Bonchev–Trinajstić information content (AvgIpc) is 0.754. The molecular formula is C91H167O25P. The molecule has 3 aliphatic rings. The highest BCUT2D eigenvalue weighted by Gasteiger charge is 2.60. The molecule has 2 heterocycles. The minimum Gasteiger partial charge on any atom is -0.463 e. The molecule has 0 aromatic carbocycles. The molecule has 0 amide bonds. The van der Waals surface area contributed by atoms with Crippen LogP contribution < -0.4 is 0 Å². The van der Waals surface area contributed by atoms with Crippen molar-refractivity contribution < 1.29 is 122 Å². The molecule has 0 aromatic heterocycles. The van der Waals surface area contributed by atoms with Crippen LogP contribution >= 0.6 is 7.82 Å². The van der Waals surface area contributed by atoms with Gasteiger partial charge in [0, 0.05) is 25.7 Å². The van der Waals surface area contributed by atoms with E-state index in [4.69, 9.17) is 46.9 Å². The molecule has 3 fully saturated rings. The van der Waals surface area contributed by atoms with Gasteiger partial charge in [-0.3, -0.25) is 28.2 Å². The highest BCUT2D eigenvalue weighted by atomic mass is 31.2. The number of aliphatic hydroxyl groups excluding tert-OH is 9. The van der Waals surface area contributed by atoms with Crippen LogP contribution in [-0.2, 0) is 70.7 Å². The lowest BCUT2D eigenvalue weighted by Gasteiger charge is -2.50. The third-order valence-corrected chi connectivity index (χ3v) is 23.9. The number of hydrogen-bond donors (Lipinski definition) is 10. The van der Waals surface area contributed by atoms with E-state index in [1.54, 1.807) is 0 Å². The quantitative estimate of drug-likeness (QED) is 0.00889. The van der Waals surface area contributed by atoms with Crippen LogP contribution in [-0.4, -0.2) is 205 Å². The van der Waals surface area contributed by atoms with Crippen LogP contribution in [0.2, 0.25) is 0 Å². The molecule has 1 saturated carbocycles. The summed E-state index contributed by atoms with van der Waals surface area (Å²) in [6, 6.07) is 0. The second kappa shape index (κ2) is 70.3. The smallest absolute Gasteiger partial charge is 0.463 e. The van der Waals surface area contributed by atoms with Crippen molar-refractivity contribution in [2.75, 3.05) is 26.4 Å². The van der Waals surface area contributed by atoms with E-state index in [0.717, 1.165) is 141 Å². The van der Waals surface area contributed by atoms with E-state index in [2.05, 4.69) is 52.0 Å². The maximum atomic E-state index is 14.9. The van der Waals surface area contributed by atoms with Gasteiger partial charge in [0.2, 0.25) is 0 Å². The highest BCUT2D eigenvalue weighted by Crippen LogP contribution is 2.49. The number of carbonyl (C=O) groups is 4. The predicted molar refractivity (Wildman–Crippen MR) is 453 cm³/mol. The molecule has 10 N–H and O–H groups in total. The molecule has 25 nitrogen and oxygen atoms in total. The molecule has 3 rings (SSSR count). The lowest BCUT2D eigenvalue weighted by atomic mass is 9.84. The summed E-state index contributed by atoms with van der Waals surface area (Å²) in [5, 5.41) is 102. The van der Waals surface area contributed by atoms with Crippen molar-refractivity contribution in [1.82, 2.24) is 0 Å². The van der Waals surface area contributed by atoms with Crippen molar-refractivity contribution in [1.29, 1.82) is 0 Å². The number of esters is 4. The van der Waals surface area contributed by atoms with Crippen LogP contribution in [0.4, 0.5) is 0 Å². The summed E-state index contributed by atoms with van der Waals surface area (Å²) < 4.78 is 73.4. The van der Waals surface area contributed by atoms with Gasteiger partial charge in [-0.25, -0.2) is 4.57 Å². The summed E-state index contributed by atoms with van der Waals surface area (Å²) in [4.78, 5) is 66.4. The predicted octanol–water partition coefficient (Wildman–Crippen LogP) is 17.3. The number of carbonyl (C=O) groups excluding carboxylic acids is 4. The van der Waals surface area contributed by atoms with Gasteiger partial charge in [0.1, 0.15) is 92.6 Å². The average molecular weight is 1690 g/mol. The molecular weight excluding hydrogens is 1520 g/mol. The Morgan fingerprint density at radius 1 is 0.333 bits per heavy atom. The first kappa shape index (κ1) is 108. The van der Waals surface area contributed by atoms with Gasteiger partial charge in [0.15, 0.2) is 24.8 Å². The van der Waals surface area contributed by atoms with Gasteiger partial charge in [0.05, 0.1) is 13.2 Å². The number of aliphatic hydroxyl groups is 9. The Morgan fingerprint density at radius 3 is 1.03 bits per heavy atom. The number of hydrogen-bond acceptors (Lipinski definition) is 24. The van der Waals surface area contributed by atoms with Crippen molar-refractivity contribution in [3.05, 3.63) is 24.3 Å². The van der Waals surface area contributed by atoms with Gasteiger partial charge in [-0.05, 0) is 77.0 Å². The molecule has 18 atom stereocenters. The molecule has 2 saturated heterocycles.